The number of hydrogen-bond acceptors (Lipinski definition) is 3. The second kappa shape index (κ2) is 6.37. The van der Waals surface area contributed by atoms with E-state index < -0.39 is 0 Å². The van der Waals surface area contributed by atoms with Crippen molar-refractivity contribution in [2.45, 2.75) is 0 Å². The number of hydrogen-bond donors (Lipinski definition) is 0. The average Bonchev–Trinajstić information content (AvgIpc) is 2.16. The Hall–Kier alpha value is -0.134. The van der Waals surface area contributed by atoms with E-state index in [4.69, 9.17) is 14.2 Å². The largest absolute Gasteiger partial charge is 0.493 e. The molecule has 1 aromatic rings. The fourth-order valence-electron chi connectivity index (χ4n) is 1.05. The van der Waals surface area contributed by atoms with Gasteiger partial charge in [-0.3, -0.25) is 0 Å². The highest BCUT2D eigenvalue weighted by molar-refractivity contribution is 9.10. The summed E-state index contributed by atoms with van der Waals surface area (Å²) in [6.45, 7) is 0. The highest BCUT2D eigenvalue weighted by Crippen LogP contribution is 2.39. The first-order chi connectivity index (χ1) is 6.22. The number of halogens is 1. The second-order valence-electron chi connectivity index (χ2n) is 2.34. The van der Waals surface area contributed by atoms with Crippen LogP contribution >= 0.6 is 15.9 Å². The van der Waals surface area contributed by atoms with Gasteiger partial charge in [0.1, 0.15) is 0 Å². The molecule has 3 nitrogen and oxygen atoms in total. The summed E-state index contributed by atoms with van der Waals surface area (Å²) >= 11 is 3.34. The summed E-state index contributed by atoms with van der Waals surface area (Å²) in [4.78, 5) is 0. The number of methoxy groups -OCH3 is 3. The Morgan fingerprint density at radius 2 is 1.36 bits per heavy atom. The maximum Gasteiger partial charge on any atom is 0.316 e. The molecule has 1 aromatic carbocycles. The molecule has 0 heterocycles. The molecule has 0 aliphatic heterocycles. The van der Waals surface area contributed by atoms with Gasteiger partial charge in [-0.05, 0) is 12.1 Å². The lowest BCUT2D eigenvalue weighted by Crippen LogP contribution is -1.94. The zero-order valence-electron chi connectivity index (χ0n) is 7.76. The Bertz CT molecular complexity index is 279. The van der Waals surface area contributed by atoms with Crippen molar-refractivity contribution >= 4 is 39.0 Å². The maximum atomic E-state index is 5.14. The lowest BCUT2D eigenvalue weighted by molar-refractivity contribution is 0.324. The molecule has 0 bridgehead atoms. The van der Waals surface area contributed by atoms with Gasteiger partial charge < -0.3 is 14.2 Å². The van der Waals surface area contributed by atoms with E-state index in [1.54, 1.807) is 21.3 Å². The van der Waals surface area contributed by atoms with E-state index in [-0.39, 0.29) is 23.1 Å². The van der Waals surface area contributed by atoms with Crippen molar-refractivity contribution in [1.82, 2.24) is 0 Å². The first-order valence-electron chi connectivity index (χ1n) is 3.68. The summed E-state index contributed by atoms with van der Waals surface area (Å²) in [7, 11) is 4.75. The van der Waals surface area contributed by atoms with Crippen molar-refractivity contribution in [3.8, 4) is 17.2 Å². The van der Waals surface area contributed by atoms with Crippen LogP contribution in [0.5, 0.6) is 17.2 Å². The third kappa shape index (κ3) is 2.93. The molecule has 0 aliphatic carbocycles. The predicted molar refractivity (Wildman–Crippen MR) is 62.3 cm³/mol. The lowest BCUT2D eigenvalue weighted by atomic mass is 10.3. The molecule has 0 unspecified atom stereocenters. The lowest BCUT2D eigenvalue weighted by Gasteiger charge is -2.11. The SMILES string of the molecule is COc1cc(Br)cc(OC)c1OC.[MgH2]. The molecular formula is C9H13BrMgO3. The van der Waals surface area contributed by atoms with E-state index in [2.05, 4.69) is 15.9 Å². The summed E-state index contributed by atoms with van der Waals surface area (Å²) in [5, 5.41) is 0. The van der Waals surface area contributed by atoms with Crippen molar-refractivity contribution in [1.29, 1.82) is 0 Å². The van der Waals surface area contributed by atoms with Gasteiger partial charge >= 0.3 is 23.1 Å². The first kappa shape index (κ1) is 13.9. The normalized spacial score (nSPS) is 8.86. The summed E-state index contributed by atoms with van der Waals surface area (Å²) < 4.78 is 16.3. The van der Waals surface area contributed by atoms with E-state index >= 15 is 0 Å². The highest BCUT2D eigenvalue weighted by Gasteiger charge is 2.11. The molecule has 76 valence electrons. The van der Waals surface area contributed by atoms with Crippen LogP contribution in [0.15, 0.2) is 16.6 Å². The van der Waals surface area contributed by atoms with Crippen LogP contribution in [0.3, 0.4) is 0 Å². The molecule has 0 saturated carbocycles. The molecule has 0 spiro atoms. The van der Waals surface area contributed by atoms with E-state index in [1.807, 2.05) is 12.1 Å². The van der Waals surface area contributed by atoms with Gasteiger partial charge in [0.15, 0.2) is 11.5 Å². The van der Waals surface area contributed by atoms with Crippen molar-refractivity contribution in [2.24, 2.45) is 0 Å². The summed E-state index contributed by atoms with van der Waals surface area (Å²) in [5.74, 6) is 1.90. The standard InChI is InChI=1S/C9H11BrO3.Mg.2H/c1-11-7-4-6(10)5-8(12-2)9(7)13-3;;;/h4-5H,1-3H3;;;. The molecule has 14 heavy (non-hydrogen) atoms. The van der Waals surface area contributed by atoms with Crippen molar-refractivity contribution in [2.75, 3.05) is 21.3 Å². The summed E-state index contributed by atoms with van der Waals surface area (Å²) in [6.07, 6.45) is 0. The fraction of sp³-hybridized carbons (Fsp3) is 0.333. The first-order valence-corrected chi connectivity index (χ1v) is 4.47. The van der Waals surface area contributed by atoms with E-state index in [9.17, 15) is 0 Å². The van der Waals surface area contributed by atoms with E-state index in [0.29, 0.717) is 17.2 Å². The van der Waals surface area contributed by atoms with Crippen LogP contribution in [-0.2, 0) is 0 Å². The molecule has 0 saturated heterocycles. The number of benzene rings is 1. The Morgan fingerprint density at radius 1 is 0.929 bits per heavy atom. The van der Waals surface area contributed by atoms with Gasteiger partial charge in [-0.25, -0.2) is 0 Å². The predicted octanol–water partition coefficient (Wildman–Crippen LogP) is 1.56. The highest BCUT2D eigenvalue weighted by atomic mass is 79.9. The Labute approximate surface area is 108 Å². The topological polar surface area (TPSA) is 27.7 Å². The summed E-state index contributed by atoms with van der Waals surface area (Å²) in [5.41, 5.74) is 0. The Morgan fingerprint density at radius 3 is 1.64 bits per heavy atom. The van der Waals surface area contributed by atoms with Gasteiger partial charge in [-0.15, -0.1) is 0 Å². The molecule has 5 heteroatoms. The molecule has 0 fully saturated rings. The zero-order valence-corrected chi connectivity index (χ0v) is 9.34. The minimum Gasteiger partial charge on any atom is -0.493 e. The van der Waals surface area contributed by atoms with Crippen LogP contribution < -0.4 is 14.2 Å². The Balaban J connectivity index is 0.00000169. The third-order valence-electron chi connectivity index (χ3n) is 1.63. The van der Waals surface area contributed by atoms with Crippen molar-refractivity contribution < 1.29 is 14.2 Å². The molecule has 0 N–H and O–H groups in total. The second-order valence-corrected chi connectivity index (χ2v) is 3.26. The van der Waals surface area contributed by atoms with Crippen molar-refractivity contribution in [3.05, 3.63) is 16.6 Å². The van der Waals surface area contributed by atoms with Crippen LogP contribution in [0.25, 0.3) is 0 Å². The van der Waals surface area contributed by atoms with Crippen LogP contribution in [-0.4, -0.2) is 44.4 Å². The molecule has 0 amide bonds. The van der Waals surface area contributed by atoms with Gasteiger partial charge in [-0.2, -0.15) is 0 Å². The van der Waals surface area contributed by atoms with E-state index in [1.165, 1.54) is 0 Å². The van der Waals surface area contributed by atoms with Crippen LogP contribution in [0.2, 0.25) is 0 Å². The minimum absolute atomic E-state index is 0. The molecule has 0 atom stereocenters. The third-order valence-corrected chi connectivity index (χ3v) is 2.09. The van der Waals surface area contributed by atoms with Crippen LogP contribution in [0.1, 0.15) is 0 Å². The van der Waals surface area contributed by atoms with Gasteiger partial charge in [0, 0.05) is 4.47 Å². The quantitative estimate of drug-likeness (QED) is 0.782. The van der Waals surface area contributed by atoms with Crippen LogP contribution in [0, 0.1) is 0 Å². The molecule has 1 rings (SSSR count). The van der Waals surface area contributed by atoms with Gasteiger partial charge in [0.25, 0.3) is 0 Å². The molecule has 0 radical (unpaired) electrons. The Kier molecular flexibility index (Phi) is 6.31. The van der Waals surface area contributed by atoms with Gasteiger partial charge in [0.05, 0.1) is 21.3 Å². The monoisotopic (exact) mass is 272 g/mol. The molecule has 0 aromatic heterocycles. The fourth-order valence-corrected chi connectivity index (χ4v) is 1.46. The average molecular weight is 273 g/mol. The maximum absolute atomic E-state index is 5.14. The summed E-state index contributed by atoms with van der Waals surface area (Å²) in [6, 6.07) is 3.64. The zero-order chi connectivity index (χ0) is 9.84. The molecular weight excluding hydrogens is 260 g/mol. The minimum atomic E-state index is 0. The van der Waals surface area contributed by atoms with Crippen LogP contribution in [0.4, 0.5) is 0 Å². The van der Waals surface area contributed by atoms with Crippen molar-refractivity contribution in [3.63, 3.8) is 0 Å². The number of ether oxygens (including phenoxy) is 3. The number of rotatable bonds is 3. The van der Waals surface area contributed by atoms with Gasteiger partial charge in [0.2, 0.25) is 5.75 Å². The molecule has 0 aliphatic rings. The van der Waals surface area contributed by atoms with Gasteiger partial charge in [-0.1, -0.05) is 15.9 Å². The smallest absolute Gasteiger partial charge is 0.316 e. The van der Waals surface area contributed by atoms with E-state index in [0.717, 1.165) is 4.47 Å².